The van der Waals surface area contributed by atoms with Crippen LogP contribution in [0.5, 0.6) is 0 Å². The van der Waals surface area contributed by atoms with Crippen LogP contribution in [0.3, 0.4) is 0 Å². The van der Waals surface area contributed by atoms with Gasteiger partial charge < -0.3 is 4.57 Å². The lowest BCUT2D eigenvalue weighted by Crippen LogP contribution is -1.98. The zero-order chi connectivity index (χ0) is 14.5. The lowest BCUT2D eigenvalue weighted by Gasteiger charge is -2.09. The van der Waals surface area contributed by atoms with E-state index in [4.69, 9.17) is 0 Å². The molecular weight excluding hydrogens is 266 g/mol. The molecule has 0 amide bonds. The van der Waals surface area contributed by atoms with Crippen LogP contribution in [0, 0.1) is 0 Å². The van der Waals surface area contributed by atoms with Gasteiger partial charge in [0.1, 0.15) is 0 Å². The molecule has 0 saturated carbocycles. The van der Waals surface area contributed by atoms with Crippen LogP contribution in [0.25, 0.3) is 27.7 Å². The van der Waals surface area contributed by atoms with Crippen molar-refractivity contribution in [3.63, 3.8) is 0 Å². The van der Waals surface area contributed by atoms with Crippen molar-refractivity contribution in [2.24, 2.45) is 0 Å². The number of rotatable bonds is 1. The maximum absolute atomic E-state index is 2.42. The number of aromatic nitrogens is 1. The van der Waals surface area contributed by atoms with Crippen molar-refractivity contribution in [1.82, 2.24) is 4.57 Å². The Morgan fingerprint density at radius 2 is 1.41 bits per heavy atom. The molecule has 1 heteroatoms. The fourth-order valence-electron chi connectivity index (χ4n) is 3.73. The highest BCUT2D eigenvalue weighted by atomic mass is 15.0. The van der Waals surface area contributed by atoms with Crippen molar-refractivity contribution in [1.29, 1.82) is 0 Å². The fourth-order valence-corrected chi connectivity index (χ4v) is 3.73. The molecule has 0 spiro atoms. The number of para-hydroxylation sites is 2. The Bertz CT molecular complexity index is 978. The second-order valence-electron chi connectivity index (χ2n) is 5.84. The van der Waals surface area contributed by atoms with Crippen LogP contribution in [-0.4, -0.2) is 4.57 Å². The Balaban J connectivity index is 1.93. The minimum absolute atomic E-state index is 1.01. The van der Waals surface area contributed by atoms with Gasteiger partial charge in [-0.3, -0.25) is 0 Å². The quantitative estimate of drug-likeness (QED) is 0.398. The van der Waals surface area contributed by atoms with Gasteiger partial charge in [-0.2, -0.15) is 0 Å². The van der Waals surface area contributed by atoms with E-state index in [1.54, 1.807) is 0 Å². The molecule has 3 aromatic carbocycles. The highest BCUT2D eigenvalue weighted by molar-refractivity contribution is 6.02. The molecule has 104 valence electrons. The van der Waals surface area contributed by atoms with Gasteiger partial charge in [-0.05, 0) is 29.3 Å². The van der Waals surface area contributed by atoms with Crippen LogP contribution in [0.15, 0.2) is 78.9 Å². The average Bonchev–Trinajstić information content (AvgIpc) is 3.10. The van der Waals surface area contributed by atoms with E-state index in [1.165, 1.54) is 39.0 Å². The van der Waals surface area contributed by atoms with Crippen molar-refractivity contribution in [3.8, 4) is 16.8 Å². The molecule has 1 nitrogen and oxygen atoms in total. The number of hydrogen-bond acceptors (Lipinski definition) is 0. The highest BCUT2D eigenvalue weighted by Gasteiger charge is 2.26. The Morgan fingerprint density at radius 3 is 2.32 bits per heavy atom. The molecule has 1 aliphatic rings. The van der Waals surface area contributed by atoms with Gasteiger partial charge in [-0.1, -0.05) is 60.7 Å². The molecule has 0 N–H and O–H groups in total. The van der Waals surface area contributed by atoms with Crippen LogP contribution in [0.1, 0.15) is 11.3 Å². The standard InChI is InChI=1S/C21H15N/c1-2-9-16(10-3-1)22-19-13-7-6-12-18(19)21-17-11-5-4-8-15(17)14-20(21)22/h1-13H,14H2. The molecule has 22 heavy (non-hydrogen) atoms. The summed E-state index contributed by atoms with van der Waals surface area (Å²) in [5.74, 6) is 0. The van der Waals surface area contributed by atoms with E-state index in [-0.39, 0.29) is 0 Å². The minimum atomic E-state index is 1.01. The molecule has 0 aliphatic heterocycles. The highest BCUT2D eigenvalue weighted by Crippen LogP contribution is 2.44. The monoisotopic (exact) mass is 281 g/mol. The molecule has 0 fully saturated rings. The molecule has 5 rings (SSSR count). The summed E-state index contributed by atoms with van der Waals surface area (Å²) in [5, 5.41) is 1.35. The van der Waals surface area contributed by atoms with Crippen molar-refractivity contribution in [2.45, 2.75) is 6.42 Å². The van der Waals surface area contributed by atoms with Crippen LogP contribution in [0.2, 0.25) is 0 Å². The van der Waals surface area contributed by atoms with E-state index in [0.29, 0.717) is 0 Å². The SMILES string of the molecule is c1ccc(-n2c3c(c4ccccc42)-c2ccccc2C3)cc1. The van der Waals surface area contributed by atoms with E-state index in [2.05, 4.69) is 83.4 Å². The second kappa shape index (κ2) is 4.35. The lowest BCUT2D eigenvalue weighted by molar-refractivity contribution is 1.01. The fraction of sp³-hybridized carbons (Fsp3) is 0.0476. The molecule has 0 saturated heterocycles. The molecule has 0 atom stereocenters. The van der Waals surface area contributed by atoms with Gasteiger partial charge in [-0.25, -0.2) is 0 Å². The van der Waals surface area contributed by atoms with Gasteiger partial charge in [0.2, 0.25) is 0 Å². The van der Waals surface area contributed by atoms with E-state index in [1.807, 2.05) is 0 Å². The summed E-state index contributed by atoms with van der Waals surface area (Å²) in [5.41, 5.74) is 8.19. The van der Waals surface area contributed by atoms with E-state index >= 15 is 0 Å². The summed E-state index contributed by atoms with van der Waals surface area (Å²) in [6, 6.07) is 28.2. The summed E-state index contributed by atoms with van der Waals surface area (Å²) < 4.78 is 2.42. The molecular formula is C21H15N. The number of benzene rings is 3. The summed E-state index contributed by atoms with van der Waals surface area (Å²) in [6.07, 6.45) is 1.01. The largest absolute Gasteiger partial charge is 0.313 e. The average molecular weight is 281 g/mol. The first kappa shape index (κ1) is 11.8. The Hall–Kier alpha value is -2.80. The maximum Gasteiger partial charge on any atom is 0.0538 e. The van der Waals surface area contributed by atoms with Crippen LogP contribution < -0.4 is 0 Å². The van der Waals surface area contributed by atoms with E-state index in [0.717, 1.165) is 6.42 Å². The number of nitrogens with zero attached hydrogens (tertiary/aromatic N) is 1. The molecule has 0 bridgehead atoms. The van der Waals surface area contributed by atoms with Gasteiger partial charge in [0.05, 0.1) is 5.52 Å². The first-order chi connectivity index (χ1) is 10.9. The van der Waals surface area contributed by atoms with Gasteiger partial charge in [0.15, 0.2) is 0 Å². The molecule has 0 radical (unpaired) electrons. The smallest absolute Gasteiger partial charge is 0.0538 e. The van der Waals surface area contributed by atoms with Crippen LogP contribution >= 0.6 is 0 Å². The Kier molecular flexibility index (Phi) is 2.33. The predicted molar refractivity (Wildman–Crippen MR) is 91.5 cm³/mol. The van der Waals surface area contributed by atoms with Gasteiger partial charge in [-0.15, -0.1) is 0 Å². The summed E-state index contributed by atoms with van der Waals surface area (Å²) in [7, 11) is 0. The lowest BCUT2D eigenvalue weighted by atomic mass is 10.0. The summed E-state index contributed by atoms with van der Waals surface area (Å²) in [4.78, 5) is 0. The molecule has 1 aromatic heterocycles. The van der Waals surface area contributed by atoms with Crippen molar-refractivity contribution < 1.29 is 0 Å². The number of hydrogen-bond donors (Lipinski definition) is 0. The first-order valence-electron chi connectivity index (χ1n) is 7.69. The summed E-state index contributed by atoms with van der Waals surface area (Å²) >= 11 is 0. The van der Waals surface area contributed by atoms with E-state index in [9.17, 15) is 0 Å². The summed E-state index contributed by atoms with van der Waals surface area (Å²) in [6.45, 7) is 0. The van der Waals surface area contributed by atoms with Crippen LogP contribution in [0.4, 0.5) is 0 Å². The van der Waals surface area contributed by atoms with Crippen molar-refractivity contribution >= 4 is 10.9 Å². The first-order valence-corrected chi connectivity index (χ1v) is 7.69. The molecule has 0 unspecified atom stereocenters. The molecule has 1 aliphatic carbocycles. The van der Waals surface area contributed by atoms with Crippen molar-refractivity contribution in [3.05, 3.63) is 90.1 Å². The number of fused-ring (bicyclic) bond motifs is 5. The zero-order valence-electron chi connectivity index (χ0n) is 12.2. The van der Waals surface area contributed by atoms with Gasteiger partial charge >= 0.3 is 0 Å². The molecule has 1 heterocycles. The molecule has 4 aromatic rings. The normalized spacial score (nSPS) is 12.4. The van der Waals surface area contributed by atoms with Gasteiger partial charge in [0, 0.05) is 28.8 Å². The van der Waals surface area contributed by atoms with Crippen LogP contribution in [-0.2, 0) is 6.42 Å². The third-order valence-electron chi connectivity index (χ3n) is 4.63. The van der Waals surface area contributed by atoms with Gasteiger partial charge in [0.25, 0.3) is 0 Å². The Morgan fingerprint density at radius 1 is 0.682 bits per heavy atom. The Labute approximate surface area is 129 Å². The van der Waals surface area contributed by atoms with E-state index < -0.39 is 0 Å². The minimum Gasteiger partial charge on any atom is -0.313 e. The second-order valence-corrected chi connectivity index (χ2v) is 5.84. The zero-order valence-corrected chi connectivity index (χ0v) is 12.2. The maximum atomic E-state index is 2.42. The topological polar surface area (TPSA) is 4.93 Å². The predicted octanol–water partition coefficient (Wildman–Crippen LogP) is 5.20. The van der Waals surface area contributed by atoms with Crippen molar-refractivity contribution in [2.75, 3.05) is 0 Å². The third-order valence-corrected chi connectivity index (χ3v) is 4.63. The third kappa shape index (κ3) is 1.48.